The fraction of sp³-hybridized carbons (Fsp3) is 0.100. The number of nitrogens with zero attached hydrogens (tertiary/aromatic N) is 2. The van der Waals surface area contributed by atoms with Crippen molar-refractivity contribution in [2.75, 3.05) is 5.32 Å². The molecule has 0 saturated heterocycles. The van der Waals surface area contributed by atoms with Gasteiger partial charge in [0.2, 0.25) is 5.89 Å². The summed E-state index contributed by atoms with van der Waals surface area (Å²) in [5, 5.41) is 8.73. The van der Waals surface area contributed by atoms with Crippen LogP contribution < -0.4 is 5.32 Å². The number of aromatic nitrogens is 2. The quantitative estimate of drug-likeness (QED) is 0.924. The first-order chi connectivity index (χ1) is 8.86. The van der Waals surface area contributed by atoms with Gasteiger partial charge >= 0.3 is 18.1 Å². The molecule has 0 saturated carbocycles. The van der Waals surface area contributed by atoms with Crippen molar-refractivity contribution < 1.29 is 22.4 Å². The van der Waals surface area contributed by atoms with E-state index in [9.17, 15) is 18.0 Å². The number of carbonyl (C=O) groups is 1. The third-order valence-electron chi connectivity index (χ3n) is 1.99. The minimum Gasteiger partial charge on any atom is -0.403 e. The summed E-state index contributed by atoms with van der Waals surface area (Å²) in [5.74, 6) is -2.21. The second kappa shape index (κ2) is 4.88. The van der Waals surface area contributed by atoms with Gasteiger partial charge in [-0.2, -0.15) is 13.2 Å². The predicted molar refractivity (Wildman–Crippen MR) is 59.4 cm³/mol. The van der Waals surface area contributed by atoms with Gasteiger partial charge in [-0.25, -0.2) is 0 Å². The van der Waals surface area contributed by atoms with Crippen molar-refractivity contribution in [1.29, 1.82) is 0 Å². The number of anilines is 1. The number of hydrogen-bond acceptors (Lipinski definition) is 4. The summed E-state index contributed by atoms with van der Waals surface area (Å²) in [5.41, 5.74) is 0.462. The molecule has 19 heavy (non-hydrogen) atoms. The Morgan fingerprint density at radius 2 is 1.84 bits per heavy atom. The fourth-order valence-corrected chi connectivity index (χ4v) is 1.28. The van der Waals surface area contributed by atoms with E-state index in [4.69, 9.17) is 16.0 Å². The molecule has 1 aromatic carbocycles. The van der Waals surface area contributed by atoms with Gasteiger partial charge < -0.3 is 4.42 Å². The number of halogens is 4. The van der Waals surface area contributed by atoms with Crippen LogP contribution in [0, 0.1) is 0 Å². The maximum Gasteiger partial charge on any atom is 0.471 e. The lowest BCUT2D eigenvalue weighted by Gasteiger charge is -2.03. The van der Waals surface area contributed by atoms with Gasteiger partial charge in [0.1, 0.15) is 0 Å². The maximum atomic E-state index is 12.0. The molecule has 100 valence electrons. The molecule has 1 heterocycles. The first-order valence-electron chi connectivity index (χ1n) is 4.84. The molecule has 9 heteroatoms. The van der Waals surface area contributed by atoms with Gasteiger partial charge in [0.05, 0.1) is 0 Å². The molecule has 5 nitrogen and oxygen atoms in total. The van der Waals surface area contributed by atoms with Crippen LogP contribution in [0.5, 0.6) is 0 Å². The summed E-state index contributed by atoms with van der Waals surface area (Å²) in [6.45, 7) is 0. The second-order valence-electron chi connectivity index (χ2n) is 3.37. The van der Waals surface area contributed by atoms with E-state index in [0.29, 0.717) is 10.6 Å². The Labute approximate surface area is 109 Å². The highest BCUT2D eigenvalue weighted by atomic mass is 35.5. The van der Waals surface area contributed by atoms with Crippen LogP contribution >= 0.6 is 11.6 Å². The third-order valence-corrected chi connectivity index (χ3v) is 2.25. The molecule has 0 unspecified atom stereocenters. The van der Waals surface area contributed by atoms with Gasteiger partial charge in [-0.3, -0.25) is 10.1 Å². The lowest BCUT2D eigenvalue weighted by Crippen LogP contribution is -2.30. The van der Waals surface area contributed by atoms with Crippen molar-refractivity contribution in [3.8, 4) is 11.5 Å². The van der Waals surface area contributed by atoms with E-state index in [1.807, 2.05) is 0 Å². The Bertz CT molecular complexity index is 595. The van der Waals surface area contributed by atoms with Crippen LogP contribution in [0.4, 0.5) is 19.2 Å². The minimum atomic E-state index is -5.02. The molecule has 0 aliphatic rings. The van der Waals surface area contributed by atoms with Gasteiger partial charge in [-0.15, -0.1) is 5.10 Å². The Balaban J connectivity index is 2.16. The fourth-order valence-electron chi connectivity index (χ4n) is 1.15. The number of benzene rings is 1. The van der Waals surface area contributed by atoms with Gasteiger partial charge in [0, 0.05) is 10.6 Å². The van der Waals surface area contributed by atoms with Crippen LogP contribution in [-0.4, -0.2) is 22.3 Å². The summed E-state index contributed by atoms with van der Waals surface area (Å²) in [7, 11) is 0. The van der Waals surface area contributed by atoms with Gasteiger partial charge in [-0.05, 0) is 24.3 Å². The molecule has 0 radical (unpaired) electrons. The molecule has 2 rings (SSSR count). The number of nitrogens with one attached hydrogen (secondary N) is 1. The van der Waals surface area contributed by atoms with Crippen LogP contribution in [0.1, 0.15) is 0 Å². The van der Waals surface area contributed by atoms with Crippen molar-refractivity contribution in [2.24, 2.45) is 0 Å². The summed E-state index contributed by atoms with van der Waals surface area (Å²) in [6.07, 6.45) is -5.02. The van der Waals surface area contributed by atoms with Crippen molar-refractivity contribution in [3.05, 3.63) is 29.3 Å². The summed E-state index contributed by atoms with van der Waals surface area (Å²) >= 11 is 5.67. The van der Waals surface area contributed by atoms with E-state index >= 15 is 0 Å². The van der Waals surface area contributed by atoms with Crippen molar-refractivity contribution in [2.45, 2.75) is 6.18 Å². The van der Waals surface area contributed by atoms with E-state index < -0.39 is 18.1 Å². The largest absolute Gasteiger partial charge is 0.471 e. The molecule has 0 spiro atoms. The summed E-state index contributed by atoms with van der Waals surface area (Å²) in [4.78, 5) is 10.6. The van der Waals surface area contributed by atoms with Gasteiger partial charge in [0.25, 0.3) is 0 Å². The van der Waals surface area contributed by atoms with Crippen molar-refractivity contribution in [3.63, 3.8) is 0 Å². The Morgan fingerprint density at radius 3 is 2.42 bits per heavy atom. The van der Waals surface area contributed by atoms with Crippen LogP contribution in [0.15, 0.2) is 28.7 Å². The monoisotopic (exact) mass is 291 g/mol. The molecular formula is C10H5ClF3N3O2. The second-order valence-corrected chi connectivity index (χ2v) is 3.81. The normalized spacial score (nSPS) is 11.4. The van der Waals surface area contributed by atoms with Gasteiger partial charge in [0.15, 0.2) is 0 Å². The molecule has 1 amide bonds. The topological polar surface area (TPSA) is 68.0 Å². The van der Waals surface area contributed by atoms with E-state index in [-0.39, 0.29) is 5.89 Å². The number of amides is 1. The van der Waals surface area contributed by atoms with Gasteiger partial charge in [-0.1, -0.05) is 16.7 Å². The average Bonchev–Trinajstić information content (AvgIpc) is 2.77. The zero-order valence-corrected chi connectivity index (χ0v) is 9.79. The van der Waals surface area contributed by atoms with E-state index in [0.717, 1.165) is 0 Å². The molecule has 0 aliphatic heterocycles. The molecule has 0 aliphatic carbocycles. The highest BCUT2D eigenvalue weighted by Crippen LogP contribution is 2.23. The molecule has 1 N–H and O–H groups in total. The first kappa shape index (κ1) is 13.3. The number of carbonyl (C=O) groups excluding carboxylic acids is 1. The van der Waals surface area contributed by atoms with E-state index in [1.54, 1.807) is 24.3 Å². The SMILES string of the molecule is O=C(Nc1nnc(-c2ccc(Cl)cc2)o1)C(F)(F)F. The standard InChI is InChI=1S/C10H5ClF3N3O2/c11-6-3-1-5(2-4-6)7-16-17-9(19-7)15-8(18)10(12,13)14/h1-4H,(H,15,17,18). The Morgan fingerprint density at radius 1 is 1.21 bits per heavy atom. The van der Waals surface area contributed by atoms with E-state index in [2.05, 4.69) is 10.2 Å². The molecule has 0 fully saturated rings. The predicted octanol–water partition coefficient (Wildman–Crippen LogP) is 2.89. The zero-order chi connectivity index (χ0) is 14.0. The Kier molecular flexibility index (Phi) is 3.43. The molecule has 0 atom stereocenters. The number of hydrogen-bond donors (Lipinski definition) is 1. The minimum absolute atomic E-state index is 0.0332. The summed E-state index contributed by atoms with van der Waals surface area (Å²) in [6, 6.07) is 5.56. The highest BCUT2D eigenvalue weighted by Gasteiger charge is 2.39. The zero-order valence-electron chi connectivity index (χ0n) is 9.03. The molecule has 0 bridgehead atoms. The van der Waals surface area contributed by atoms with Crippen LogP contribution in [0.3, 0.4) is 0 Å². The lowest BCUT2D eigenvalue weighted by atomic mass is 10.2. The van der Waals surface area contributed by atoms with Crippen molar-refractivity contribution >= 4 is 23.5 Å². The molecular weight excluding hydrogens is 287 g/mol. The van der Waals surface area contributed by atoms with Crippen LogP contribution in [0.25, 0.3) is 11.5 Å². The van der Waals surface area contributed by atoms with Crippen LogP contribution in [0.2, 0.25) is 5.02 Å². The molecule has 1 aromatic heterocycles. The number of rotatable bonds is 2. The van der Waals surface area contributed by atoms with Crippen molar-refractivity contribution in [1.82, 2.24) is 10.2 Å². The lowest BCUT2D eigenvalue weighted by molar-refractivity contribution is -0.167. The molecule has 2 aromatic rings. The maximum absolute atomic E-state index is 12.0. The number of alkyl halides is 3. The first-order valence-corrected chi connectivity index (χ1v) is 5.21. The third kappa shape index (κ3) is 3.22. The summed E-state index contributed by atoms with van der Waals surface area (Å²) < 4.78 is 40.9. The smallest absolute Gasteiger partial charge is 0.403 e. The average molecular weight is 292 g/mol. The Hall–Kier alpha value is -2.09. The van der Waals surface area contributed by atoms with Crippen LogP contribution in [-0.2, 0) is 4.79 Å². The van der Waals surface area contributed by atoms with E-state index in [1.165, 1.54) is 5.32 Å². The highest BCUT2D eigenvalue weighted by molar-refractivity contribution is 6.30.